The summed E-state index contributed by atoms with van der Waals surface area (Å²) in [6, 6.07) is 5.41. The van der Waals surface area contributed by atoms with Crippen LogP contribution in [0.15, 0.2) is 18.2 Å². The number of rotatable bonds is 7. The number of halogens is 2. The maximum atomic E-state index is 12.5. The fourth-order valence-electron chi connectivity index (χ4n) is 2.78. The van der Waals surface area contributed by atoms with Gasteiger partial charge in [-0.2, -0.15) is 8.78 Å². The normalized spacial score (nSPS) is 17.2. The van der Waals surface area contributed by atoms with E-state index in [2.05, 4.69) is 10.1 Å². The molecule has 1 aromatic carbocycles. The first-order chi connectivity index (χ1) is 10.1. The molecule has 118 valence electrons. The van der Waals surface area contributed by atoms with E-state index in [4.69, 9.17) is 10.5 Å². The average molecular weight is 300 g/mol. The molecule has 1 aromatic rings. The third-order valence-corrected chi connectivity index (χ3v) is 3.83. The predicted molar refractivity (Wildman–Crippen MR) is 76.8 cm³/mol. The number of alkyl halides is 2. The Kier molecular flexibility index (Phi) is 5.76. The number of nitrogens with two attached hydrogens (primary N) is 1. The Bertz CT molecular complexity index is 451. The van der Waals surface area contributed by atoms with E-state index in [1.807, 2.05) is 6.07 Å². The Balaban J connectivity index is 2.15. The molecule has 4 nitrogen and oxygen atoms in total. The van der Waals surface area contributed by atoms with E-state index in [-0.39, 0.29) is 17.5 Å². The van der Waals surface area contributed by atoms with Crippen LogP contribution in [0.3, 0.4) is 0 Å². The summed E-state index contributed by atoms with van der Waals surface area (Å²) in [5.41, 5.74) is 6.66. The highest BCUT2D eigenvalue weighted by Gasteiger charge is 2.21. The Morgan fingerprint density at radius 1 is 1.29 bits per heavy atom. The molecule has 1 atom stereocenters. The molecule has 0 saturated heterocycles. The SMILES string of the molecule is COc1ccc(C(CN)NC2CCCC2)cc1OC(F)F. The second-order valence-corrected chi connectivity index (χ2v) is 5.23. The van der Waals surface area contributed by atoms with Crippen molar-refractivity contribution in [1.82, 2.24) is 5.32 Å². The van der Waals surface area contributed by atoms with E-state index in [0.29, 0.717) is 12.6 Å². The smallest absolute Gasteiger partial charge is 0.387 e. The van der Waals surface area contributed by atoms with Crippen LogP contribution in [-0.4, -0.2) is 26.3 Å². The lowest BCUT2D eigenvalue weighted by Crippen LogP contribution is -2.35. The molecule has 1 fully saturated rings. The van der Waals surface area contributed by atoms with E-state index < -0.39 is 6.61 Å². The molecule has 1 aliphatic carbocycles. The number of hydrogen-bond acceptors (Lipinski definition) is 4. The molecule has 1 aliphatic rings. The van der Waals surface area contributed by atoms with Gasteiger partial charge in [-0.25, -0.2) is 0 Å². The largest absolute Gasteiger partial charge is 0.493 e. The molecule has 6 heteroatoms. The predicted octanol–water partition coefficient (Wildman–Crippen LogP) is 2.83. The highest BCUT2D eigenvalue weighted by Crippen LogP contribution is 2.32. The lowest BCUT2D eigenvalue weighted by molar-refractivity contribution is -0.0512. The maximum absolute atomic E-state index is 12.5. The molecule has 3 N–H and O–H groups in total. The standard InChI is InChI=1S/C15H22F2N2O2/c1-20-13-7-6-10(8-14(13)21-15(16)17)12(9-18)19-11-4-2-3-5-11/h6-8,11-12,15,19H,2-5,9,18H2,1H3. The van der Waals surface area contributed by atoms with Gasteiger partial charge < -0.3 is 20.5 Å². The minimum atomic E-state index is -2.88. The first-order valence-electron chi connectivity index (χ1n) is 7.23. The molecule has 0 amide bonds. The minimum Gasteiger partial charge on any atom is -0.493 e. The molecule has 1 unspecified atom stereocenters. The Morgan fingerprint density at radius 2 is 2.00 bits per heavy atom. The van der Waals surface area contributed by atoms with Crippen molar-refractivity contribution in [3.8, 4) is 11.5 Å². The van der Waals surface area contributed by atoms with E-state index in [1.54, 1.807) is 12.1 Å². The fraction of sp³-hybridized carbons (Fsp3) is 0.600. The van der Waals surface area contributed by atoms with Gasteiger partial charge in [0, 0.05) is 18.6 Å². The number of hydrogen-bond donors (Lipinski definition) is 2. The van der Waals surface area contributed by atoms with Crippen LogP contribution in [0.4, 0.5) is 8.78 Å². The minimum absolute atomic E-state index is 0.0386. The van der Waals surface area contributed by atoms with Crippen LogP contribution < -0.4 is 20.5 Å². The van der Waals surface area contributed by atoms with Crippen LogP contribution >= 0.6 is 0 Å². The van der Waals surface area contributed by atoms with Gasteiger partial charge in [0.05, 0.1) is 7.11 Å². The molecule has 21 heavy (non-hydrogen) atoms. The van der Waals surface area contributed by atoms with Gasteiger partial charge >= 0.3 is 6.61 Å². The summed E-state index contributed by atoms with van der Waals surface area (Å²) in [5.74, 6) is 0.326. The average Bonchev–Trinajstić information content (AvgIpc) is 2.97. The molecule has 0 radical (unpaired) electrons. The molecule has 0 aliphatic heterocycles. The molecule has 0 bridgehead atoms. The van der Waals surface area contributed by atoms with Crippen molar-refractivity contribution in [1.29, 1.82) is 0 Å². The Morgan fingerprint density at radius 3 is 2.57 bits per heavy atom. The van der Waals surface area contributed by atoms with Gasteiger partial charge in [0.25, 0.3) is 0 Å². The van der Waals surface area contributed by atoms with Crippen LogP contribution in [0, 0.1) is 0 Å². The van der Waals surface area contributed by atoms with Crippen LogP contribution in [-0.2, 0) is 0 Å². The summed E-state index contributed by atoms with van der Waals surface area (Å²) in [7, 11) is 1.42. The van der Waals surface area contributed by atoms with Gasteiger partial charge in [-0.15, -0.1) is 0 Å². The van der Waals surface area contributed by atoms with Crippen molar-refractivity contribution in [2.45, 2.75) is 44.4 Å². The van der Waals surface area contributed by atoms with Crippen molar-refractivity contribution in [2.75, 3.05) is 13.7 Å². The maximum Gasteiger partial charge on any atom is 0.387 e. The number of methoxy groups -OCH3 is 1. The Labute approximate surface area is 123 Å². The quantitative estimate of drug-likeness (QED) is 0.813. The molecule has 2 rings (SSSR count). The highest BCUT2D eigenvalue weighted by molar-refractivity contribution is 5.44. The van der Waals surface area contributed by atoms with Crippen molar-refractivity contribution < 1.29 is 18.3 Å². The van der Waals surface area contributed by atoms with E-state index >= 15 is 0 Å². The summed E-state index contributed by atoms with van der Waals surface area (Å²) >= 11 is 0. The van der Waals surface area contributed by atoms with Crippen LogP contribution in [0.1, 0.15) is 37.3 Å². The number of ether oxygens (including phenoxy) is 2. The van der Waals surface area contributed by atoms with E-state index in [1.165, 1.54) is 20.0 Å². The second-order valence-electron chi connectivity index (χ2n) is 5.23. The summed E-state index contributed by atoms with van der Waals surface area (Å²) in [5, 5.41) is 3.49. The second kappa shape index (κ2) is 7.56. The molecule has 0 spiro atoms. The summed E-state index contributed by atoms with van der Waals surface area (Å²) in [6.45, 7) is -2.48. The van der Waals surface area contributed by atoms with Gasteiger partial charge in [0.2, 0.25) is 0 Å². The fourth-order valence-corrected chi connectivity index (χ4v) is 2.78. The summed E-state index contributed by atoms with van der Waals surface area (Å²) in [4.78, 5) is 0. The van der Waals surface area contributed by atoms with Crippen molar-refractivity contribution in [3.05, 3.63) is 23.8 Å². The van der Waals surface area contributed by atoms with Crippen LogP contribution in [0.5, 0.6) is 11.5 Å². The first kappa shape index (κ1) is 16.0. The van der Waals surface area contributed by atoms with Gasteiger partial charge in [-0.1, -0.05) is 18.9 Å². The third-order valence-electron chi connectivity index (χ3n) is 3.83. The van der Waals surface area contributed by atoms with Gasteiger partial charge in [-0.3, -0.25) is 0 Å². The molecule has 1 saturated carbocycles. The zero-order valence-electron chi connectivity index (χ0n) is 12.1. The highest BCUT2D eigenvalue weighted by atomic mass is 19.3. The summed E-state index contributed by atoms with van der Waals surface area (Å²) in [6.07, 6.45) is 4.70. The van der Waals surface area contributed by atoms with Gasteiger partial charge in [0.1, 0.15) is 0 Å². The van der Waals surface area contributed by atoms with Gasteiger partial charge in [-0.05, 0) is 30.5 Å². The van der Waals surface area contributed by atoms with Crippen molar-refractivity contribution >= 4 is 0 Å². The zero-order valence-corrected chi connectivity index (χ0v) is 12.1. The lowest BCUT2D eigenvalue weighted by Gasteiger charge is -2.23. The molecular weight excluding hydrogens is 278 g/mol. The third kappa shape index (κ3) is 4.28. The van der Waals surface area contributed by atoms with Crippen LogP contribution in [0.2, 0.25) is 0 Å². The zero-order chi connectivity index (χ0) is 15.2. The monoisotopic (exact) mass is 300 g/mol. The van der Waals surface area contributed by atoms with E-state index in [9.17, 15) is 8.78 Å². The van der Waals surface area contributed by atoms with Crippen LogP contribution in [0.25, 0.3) is 0 Å². The summed E-state index contributed by atoms with van der Waals surface area (Å²) < 4.78 is 34.5. The molecule has 0 aromatic heterocycles. The molecule has 0 heterocycles. The Hall–Kier alpha value is -1.40. The lowest BCUT2D eigenvalue weighted by atomic mass is 10.0. The van der Waals surface area contributed by atoms with Crippen molar-refractivity contribution in [2.24, 2.45) is 5.73 Å². The molecular formula is C15H22F2N2O2. The topological polar surface area (TPSA) is 56.5 Å². The first-order valence-corrected chi connectivity index (χ1v) is 7.23. The number of benzene rings is 1. The van der Waals surface area contributed by atoms with E-state index in [0.717, 1.165) is 18.4 Å². The number of nitrogens with one attached hydrogen (secondary N) is 1. The van der Waals surface area contributed by atoms with Gasteiger partial charge in [0.15, 0.2) is 11.5 Å². The van der Waals surface area contributed by atoms with Crippen molar-refractivity contribution in [3.63, 3.8) is 0 Å².